The Hall–Kier alpha value is -3.02. The number of ether oxygens (including phenoxy) is 2. The zero-order chi connectivity index (χ0) is 19.9. The molecule has 28 heavy (non-hydrogen) atoms. The van der Waals surface area contributed by atoms with Gasteiger partial charge in [0, 0.05) is 13.1 Å². The fourth-order valence-electron chi connectivity index (χ4n) is 3.42. The second-order valence-electron chi connectivity index (χ2n) is 6.81. The smallest absolute Gasteiger partial charge is 0.255 e. The van der Waals surface area contributed by atoms with Crippen molar-refractivity contribution in [3.05, 3.63) is 53.6 Å². The summed E-state index contributed by atoms with van der Waals surface area (Å²) in [6, 6.07) is 12.6. The lowest BCUT2D eigenvalue weighted by Gasteiger charge is -2.27. The Balaban J connectivity index is 1.71. The Labute approximate surface area is 165 Å². The highest BCUT2D eigenvalue weighted by Crippen LogP contribution is 2.28. The molecule has 0 bridgehead atoms. The summed E-state index contributed by atoms with van der Waals surface area (Å²) in [4.78, 5) is 27.3. The predicted octanol–water partition coefficient (Wildman–Crippen LogP) is 3.51. The van der Waals surface area contributed by atoms with Crippen molar-refractivity contribution in [2.75, 3.05) is 32.6 Å². The highest BCUT2D eigenvalue weighted by Gasteiger charge is 2.21. The van der Waals surface area contributed by atoms with Crippen molar-refractivity contribution in [3.63, 3.8) is 0 Å². The first kappa shape index (κ1) is 19.7. The quantitative estimate of drug-likeness (QED) is 0.830. The average molecular weight is 382 g/mol. The van der Waals surface area contributed by atoms with Gasteiger partial charge in [0.2, 0.25) is 5.91 Å². The standard InChI is InChI=1S/C22H26N2O4/c1-27-19-11-10-16(14-20(19)28-2)15-21(25)23-18-9-5-4-8-17(18)22(26)24-12-6-3-7-13-24/h4-5,8-11,14H,3,6-7,12-13,15H2,1-2H3,(H,23,25). The number of rotatable bonds is 6. The van der Waals surface area contributed by atoms with Crippen LogP contribution in [0.15, 0.2) is 42.5 Å². The second kappa shape index (κ2) is 9.26. The molecular weight excluding hydrogens is 356 g/mol. The van der Waals surface area contributed by atoms with E-state index < -0.39 is 0 Å². The number of carbonyl (C=O) groups excluding carboxylic acids is 2. The third kappa shape index (κ3) is 4.63. The van der Waals surface area contributed by atoms with E-state index in [-0.39, 0.29) is 18.2 Å². The first-order chi connectivity index (χ1) is 13.6. The predicted molar refractivity (Wildman–Crippen MR) is 108 cm³/mol. The lowest BCUT2D eigenvalue weighted by atomic mass is 10.1. The molecule has 1 saturated heterocycles. The molecule has 1 heterocycles. The van der Waals surface area contributed by atoms with Crippen LogP contribution < -0.4 is 14.8 Å². The minimum Gasteiger partial charge on any atom is -0.493 e. The topological polar surface area (TPSA) is 67.9 Å². The molecule has 0 radical (unpaired) electrons. The highest BCUT2D eigenvalue weighted by atomic mass is 16.5. The van der Waals surface area contributed by atoms with Crippen LogP contribution in [0.4, 0.5) is 5.69 Å². The van der Waals surface area contributed by atoms with Crippen LogP contribution in [0.3, 0.4) is 0 Å². The zero-order valence-electron chi connectivity index (χ0n) is 16.4. The molecule has 0 spiro atoms. The summed E-state index contributed by atoms with van der Waals surface area (Å²) in [5, 5.41) is 2.89. The van der Waals surface area contributed by atoms with Gasteiger partial charge in [-0.2, -0.15) is 0 Å². The molecule has 2 aromatic rings. The maximum Gasteiger partial charge on any atom is 0.255 e. The molecule has 0 atom stereocenters. The van der Waals surface area contributed by atoms with E-state index in [4.69, 9.17) is 9.47 Å². The Kier molecular flexibility index (Phi) is 6.53. The first-order valence-corrected chi connectivity index (χ1v) is 9.51. The summed E-state index contributed by atoms with van der Waals surface area (Å²) in [7, 11) is 3.13. The van der Waals surface area contributed by atoms with Crippen molar-refractivity contribution in [3.8, 4) is 11.5 Å². The Bertz CT molecular complexity index is 844. The zero-order valence-corrected chi connectivity index (χ0v) is 16.4. The van der Waals surface area contributed by atoms with Gasteiger partial charge in [-0.15, -0.1) is 0 Å². The molecule has 0 aromatic heterocycles. The molecular formula is C22H26N2O4. The summed E-state index contributed by atoms with van der Waals surface area (Å²) < 4.78 is 10.5. The molecule has 1 fully saturated rings. The van der Waals surface area contributed by atoms with Crippen LogP contribution in [-0.2, 0) is 11.2 Å². The van der Waals surface area contributed by atoms with Crippen LogP contribution in [-0.4, -0.2) is 44.0 Å². The molecule has 2 aromatic carbocycles. The van der Waals surface area contributed by atoms with Crippen LogP contribution in [0.1, 0.15) is 35.2 Å². The molecule has 3 rings (SSSR count). The number of nitrogens with zero attached hydrogens (tertiary/aromatic N) is 1. The van der Waals surface area contributed by atoms with Gasteiger partial charge in [-0.3, -0.25) is 9.59 Å². The number of carbonyl (C=O) groups is 2. The van der Waals surface area contributed by atoms with Crippen molar-refractivity contribution in [2.24, 2.45) is 0 Å². The average Bonchev–Trinajstić information content (AvgIpc) is 2.74. The molecule has 1 aliphatic rings. The van der Waals surface area contributed by atoms with Crippen LogP contribution >= 0.6 is 0 Å². The molecule has 6 nitrogen and oxygen atoms in total. The summed E-state index contributed by atoms with van der Waals surface area (Å²) in [5.74, 6) is 0.977. The number of piperidine rings is 1. The van der Waals surface area contributed by atoms with Gasteiger partial charge < -0.3 is 19.7 Å². The maximum absolute atomic E-state index is 12.9. The van der Waals surface area contributed by atoms with Gasteiger partial charge in [-0.05, 0) is 49.1 Å². The molecule has 148 valence electrons. The summed E-state index contributed by atoms with van der Waals surface area (Å²) in [6.07, 6.45) is 3.39. The number of amides is 2. The number of nitrogens with one attached hydrogen (secondary N) is 1. The molecule has 0 saturated carbocycles. The number of benzene rings is 2. The summed E-state index contributed by atoms with van der Waals surface area (Å²) in [6.45, 7) is 1.54. The second-order valence-corrected chi connectivity index (χ2v) is 6.81. The van der Waals surface area contributed by atoms with Gasteiger partial charge in [0.15, 0.2) is 11.5 Å². The van der Waals surface area contributed by atoms with Crippen LogP contribution in [0, 0.1) is 0 Å². The van der Waals surface area contributed by atoms with Gasteiger partial charge in [0.05, 0.1) is 31.9 Å². The minimum atomic E-state index is -0.189. The molecule has 6 heteroatoms. The normalized spacial score (nSPS) is 13.7. The monoisotopic (exact) mass is 382 g/mol. The van der Waals surface area contributed by atoms with E-state index in [2.05, 4.69) is 5.32 Å². The Morgan fingerprint density at radius 2 is 1.68 bits per heavy atom. The van der Waals surface area contributed by atoms with E-state index in [0.29, 0.717) is 22.7 Å². The Morgan fingerprint density at radius 3 is 2.39 bits per heavy atom. The lowest BCUT2D eigenvalue weighted by Crippen LogP contribution is -2.36. The largest absolute Gasteiger partial charge is 0.493 e. The van der Waals surface area contributed by atoms with Gasteiger partial charge >= 0.3 is 0 Å². The van der Waals surface area contributed by atoms with Crippen molar-refractivity contribution < 1.29 is 19.1 Å². The first-order valence-electron chi connectivity index (χ1n) is 9.51. The fraction of sp³-hybridized carbons (Fsp3) is 0.364. The van der Waals surface area contributed by atoms with E-state index in [1.807, 2.05) is 23.1 Å². The number of methoxy groups -OCH3 is 2. The van der Waals surface area contributed by atoms with E-state index >= 15 is 0 Å². The van der Waals surface area contributed by atoms with Gasteiger partial charge in [-0.1, -0.05) is 18.2 Å². The van der Waals surface area contributed by atoms with Crippen LogP contribution in [0.2, 0.25) is 0 Å². The van der Waals surface area contributed by atoms with Gasteiger partial charge in [-0.25, -0.2) is 0 Å². The third-order valence-electron chi connectivity index (χ3n) is 4.89. The third-order valence-corrected chi connectivity index (χ3v) is 4.89. The molecule has 2 amide bonds. The van der Waals surface area contributed by atoms with Crippen molar-refractivity contribution in [2.45, 2.75) is 25.7 Å². The number of hydrogen-bond acceptors (Lipinski definition) is 4. The van der Waals surface area contributed by atoms with Crippen molar-refractivity contribution in [1.29, 1.82) is 0 Å². The number of para-hydroxylation sites is 1. The lowest BCUT2D eigenvalue weighted by molar-refractivity contribution is -0.115. The summed E-state index contributed by atoms with van der Waals surface area (Å²) >= 11 is 0. The SMILES string of the molecule is COc1ccc(CC(=O)Nc2ccccc2C(=O)N2CCCCC2)cc1OC. The van der Waals surface area contributed by atoms with Gasteiger partial charge in [0.1, 0.15) is 0 Å². The van der Waals surface area contributed by atoms with E-state index in [1.165, 1.54) is 0 Å². The number of anilines is 1. The highest BCUT2D eigenvalue weighted by molar-refractivity contribution is 6.04. The molecule has 0 unspecified atom stereocenters. The van der Waals surface area contributed by atoms with Crippen LogP contribution in [0.5, 0.6) is 11.5 Å². The van der Waals surface area contributed by atoms with Crippen molar-refractivity contribution >= 4 is 17.5 Å². The molecule has 0 aliphatic carbocycles. The minimum absolute atomic E-state index is 0.0262. The maximum atomic E-state index is 12.9. The van der Waals surface area contributed by atoms with Crippen LogP contribution in [0.25, 0.3) is 0 Å². The molecule has 1 N–H and O–H groups in total. The van der Waals surface area contributed by atoms with Gasteiger partial charge in [0.25, 0.3) is 5.91 Å². The number of hydrogen-bond donors (Lipinski definition) is 1. The van der Waals surface area contributed by atoms with E-state index in [1.54, 1.807) is 38.5 Å². The van der Waals surface area contributed by atoms with E-state index in [9.17, 15) is 9.59 Å². The summed E-state index contributed by atoms with van der Waals surface area (Å²) in [5.41, 5.74) is 1.88. The molecule has 1 aliphatic heterocycles. The van der Waals surface area contributed by atoms with Crippen molar-refractivity contribution in [1.82, 2.24) is 4.90 Å². The van der Waals surface area contributed by atoms with E-state index in [0.717, 1.165) is 37.9 Å². The number of likely N-dealkylation sites (tertiary alicyclic amines) is 1. The Morgan fingerprint density at radius 1 is 0.964 bits per heavy atom. The fourth-order valence-corrected chi connectivity index (χ4v) is 3.42.